The van der Waals surface area contributed by atoms with Gasteiger partial charge in [-0.05, 0) is 24.4 Å². The molecule has 0 aromatic carbocycles. The van der Waals surface area contributed by atoms with Crippen molar-refractivity contribution in [1.29, 1.82) is 0 Å². The Hall–Kier alpha value is -1.07. The van der Waals surface area contributed by atoms with Gasteiger partial charge in [-0.2, -0.15) is 0 Å². The van der Waals surface area contributed by atoms with Crippen molar-refractivity contribution in [2.75, 3.05) is 0 Å². The Bertz CT molecular complexity index is 370. The van der Waals surface area contributed by atoms with Crippen LogP contribution in [0.3, 0.4) is 0 Å². The van der Waals surface area contributed by atoms with Crippen LogP contribution in [0.25, 0.3) is 0 Å². The van der Waals surface area contributed by atoms with Crippen molar-refractivity contribution < 1.29 is 10.0 Å². The molecular formula is C8H10BNO3. The minimum Gasteiger partial charge on any atom is -0.423 e. The molecule has 4 nitrogen and oxygen atoms in total. The van der Waals surface area contributed by atoms with Crippen LogP contribution in [0.5, 0.6) is 0 Å². The highest BCUT2D eigenvalue weighted by molar-refractivity contribution is 6.58. The Labute approximate surface area is 75.6 Å². The SMILES string of the molecule is O=c1cc(B(O)O)ccn1C1CC1. The molecule has 68 valence electrons. The normalized spacial score (nSPS) is 15.8. The van der Waals surface area contributed by atoms with E-state index in [-0.39, 0.29) is 11.0 Å². The molecule has 1 heterocycles. The Balaban J connectivity index is 2.37. The van der Waals surface area contributed by atoms with Gasteiger partial charge in [0.05, 0.1) is 0 Å². The van der Waals surface area contributed by atoms with Crippen molar-refractivity contribution in [3.8, 4) is 0 Å². The van der Waals surface area contributed by atoms with E-state index in [0.717, 1.165) is 12.8 Å². The highest BCUT2D eigenvalue weighted by Gasteiger charge is 2.24. The van der Waals surface area contributed by atoms with E-state index in [1.165, 1.54) is 6.07 Å². The molecule has 1 aliphatic rings. The fourth-order valence-corrected chi connectivity index (χ4v) is 1.32. The summed E-state index contributed by atoms with van der Waals surface area (Å²) < 4.78 is 1.63. The number of pyridine rings is 1. The standard InChI is InChI=1S/C8H10BNO3/c11-8-5-6(9(12)13)3-4-10(8)7-1-2-7/h3-5,7,12-13H,1-2H2. The predicted octanol–water partition coefficient (Wildman–Crippen LogP) is -1.14. The van der Waals surface area contributed by atoms with Gasteiger partial charge in [0.15, 0.2) is 0 Å². The van der Waals surface area contributed by atoms with Gasteiger partial charge in [-0.15, -0.1) is 0 Å². The first-order chi connectivity index (χ1) is 6.18. The molecule has 0 amide bonds. The molecule has 1 saturated carbocycles. The zero-order chi connectivity index (χ0) is 9.42. The Morgan fingerprint density at radius 3 is 2.62 bits per heavy atom. The third kappa shape index (κ3) is 1.66. The second-order valence-electron chi connectivity index (χ2n) is 3.31. The number of hydrogen-bond donors (Lipinski definition) is 2. The summed E-state index contributed by atoms with van der Waals surface area (Å²) in [6.45, 7) is 0. The van der Waals surface area contributed by atoms with E-state index in [1.807, 2.05) is 0 Å². The molecule has 2 rings (SSSR count). The molecule has 0 radical (unpaired) electrons. The van der Waals surface area contributed by atoms with E-state index in [1.54, 1.807) is 16.8 Å². The minimum absolute atomic E-state index is 0.159. The van der Waals surface area contributed by atoms with E-state index in [4.69, 9.17) is 10.0 Å². The maximum atomic E-state index is 11.4. The fourth-order valence-electron chi connectivity index (χ4n) is 1.32. The lowest BCUT2D eigenvalue weighted by Crippen LogP contribution is -2.34. The number of aromatic nitrogens is 1. The zero-order valence-electron chi connectivity index (χ0n) is 7.05. The van der Waals surface area contributed by atoms with Gasteiger partial charge in [-0.1, -0.05) is 0 Å². The summed E-state index contributed by atoms with van der Waals surface area (Å²) >= 11 is 0. The molecule has 0 atom stereocenters. The average molecular weight is 179 g/mol. The van der Waals surface area contributed by atoms with Crippen LogP contribution in [0.1, 0.15) is 18.9 Å². The number of hydrogen-bond acceptors (Lipinski definition) is 3. The van der Waals surface area contributed by atoms with Crippen LogP contribution in [0.15, 0.2) is 23.1 Å². The lowest BCUT2D eigenvalue weighted by Gasteiger charge is -2.03. The zero-order valence-corrected chi connectivity index (χ0v) is 7.05. The molecule has 0 saturated heterocycles. The van der Waals surface area contributed by atoms with Gasteiger partial charge in [-0.25, -0.2) is 0 Å². The quantitative estimate of drug-likeness (QED) is 0.564. The van der Waals surface area contributed by atoms with Crippen LogP contribution in [-0.4, -0.2) is 21.7 Å². The maximum Gasteiger partial charge on any atom is 0.488 e. The summed E-state index contributed by atoms with van der Waals surface area (Å²) in [6.07, 6.45) is 3.70. The first kappa shape index (κ1) is 8.53. The first-order valence-corrected chi connectivity index (χ1v) is 4.27. The van der Waals surface area contributed by atoms with E-state index in [0.29, 0.717) is 6.04 Å². The van der Waals surface area contributed by atoms with Crippen LogP contribution in [0.4, 0.5) is 0 Å². The fraction of sp³-hybridized carbons (Fsp3) is 0.375. The van der Waals surface area contributed by atoms with Gasteiger partial charge in [0, 0.05) is 18.3 Å². The Morgan fingerprint density at radius 1 is 1.46 bits per heavy atom. The van der Waals surface area contributed by atoms with Gasteiger partial charge >= 0.3 is 7.12 Å². The smallest absolute Gasteiger partial charge is 0.423 e. The van der Waals surface area contributed by atoms with Crippen molar-refractivity contribution in [3.05, 3.63) is 28.7 Å². The second-order valence-corrected chi connectivity index (χ2v) is 3.31. The molecular weight excluding hydrogens is 169 g/mol. The average Bonchev–Trinajstić information content (AvgIpc) is 2.87. The van der Waals surface area contributed by atoms with E-state index in [9.17, 15) is 4.79 Å². The molecule has 13 heavy (non-hydrogen) atoms. The third-order valence-corrected chi connectivity index (χ3v) is 2.21. The third-order valence-electron chi connectivity index (χ3n) is 2.21. The molecule has 1 fully saturated rings. The predicted molar refractivity (Wildman–Crippen MR) is 48.8 cm³/mol. The van der Waals surface area contributed by atoms with Gasteiger partial charge in [0.25, 0.3) is 0 Å². The number of rotatable bonds is 2. The van der Waals surface area contributed by atoms with Crippen LogP contribution in [0.2, 0.25) is 0 Å². The molecule has 0 unspecified atom stereocenters. The van der Waals surface area contributed by atoms with Crippen molar-refractivity contribution in [2.45, 2.75) is 18.9 Å². The molecule has 1 aromatic rings. The van der Waals surface area contributed by atoms with Gasteiger partial charge < -0.3 is 14.6 Å². The largest absolute Gasteiger partial charge is 0.488 e. The van der Waals surface area contributed by atoms with E-state index in [2.05, 4.69) is 0 Å². The second kappa shape index (κ2) is 3.01. The van der Waals surface area contributed by atoms with Crippen LogP contribution in [-0.2, 0) is 0 Å². The minimum atomic E-state index is -1.55. The van der Waals surface area contributed by atoms with Crippen molar-refractivity contribution in [2.24, 2.45) is 0 Å². The molecule has 1 aromatic heterocycles. The maximum absolute atomic E-state index is 11.4. The first-order valence-electron chi connectivity index (χ1n) is 4.27. The summed E-state index contributed by atoms with van der Waals surface area (Å²) in [5.41, 5.74) is 0.0926. The highest BCUT2D eigenvalue weighted by atomic mass is 16.4. The highest BCUT2D eigenvalue weighted by Crippen LogP contribution is 2.32. The van der Waals surface area contributed by atoms with Crippen LogP contribution < -0.4 is 11.0 Å². The summed E-state index contributed by atoms with van der Waals surface area (Å²) in [6, 6.07) is 3.16. The molecule has 0 aliphatic heterocycles. The van der Waals surface area contributed by atoms with Gasteiger partial charge in [0.2, 0.25) is 5.56 Å². The molecule has 0 bridgehead atoms. The lowest BCUT2D eigenvalue weighted by molar-refractivity contribution is 0.425. The summed E-state index contributed by atoms with van der Waals surface area (Å²) in [5, 5.41) is 17.6. The summed E-state index contributed by atoms with van der Waals surface area (Å²) in [7, 11) is -1.55. The summed E-state index contributed by atoms with van der Waals surface area (Å²) in [4.78, 5) is 11.4. The van der Waals surface area contributed by atoms with Crippen molar-refractivity contribution >= 4 is 12.6 Å². The van der Waals surface area contributed by atoms with Crippen molar-refractivity contribution in [3.63, 3.8) is 0 Å². The number of nitrogens with zero attached hydrogens (tertiary/aromatic N) is 1. The van der Waals surface area contributed by atoms with Gasteiger partial charge in [-0.3, -0.25) is 4.79 Å². The lowest BCUT2D eigenvalue weighted by atomic mass is 9.81. The topological polar surface area (TPSA) is 62.5 Å². The van der Waals surface area contributed by atoms with Crippen LogP contribution in [0, 0.1) is 0 Å². The van der Waals surface area contributed by atoms with Crippen molar-refractivity contribution in [1.82, 2.24) is 4.57 Å². The molecule has 5 heteroatoms. The Morgan fingerprint density at radius 2 is 2.15 bits per heavy atom. The molecule has 1 aliphatic carbocycles. The monoisotopic (exact) mass is 179 g/mol. The van der Waals surface area contributed by atoms with Crippen LogP contribution >= 0.6 is 0 Å². The van der Waals surface area contributed by atoms with E-state index >= 15 is 0 Å². The van der Waals surface area contributed by atoms with Gasteiger partial charge in [0.1, 0.15) is 0 Å². The summed E-state index contributed by atoms with van der Waals surface area (Å²) in [5.74, 6) is 0. The molecule has 0 spiro atoms. The Kier molecular flexibility index (Phi) is 1.98. The molecule has 2 N–H and O–H groups in total. The van der Waals surface area contributed by atoms with E-state index < -0.39 is 7.12 Å².